The van der Waals surface area contributed by atoms with Gasteiger partial charge in [0.1, 0.15) is 22.3 Å². The Bertz CT molecular complexity index is 5490. The monoisotopic (exact) mass is 1140 g/mol. The lowest BCUT2D eigenvalue weighted by Crippen LogP contribution is -2.31. The number of furan rings is 2. The number of para-hydroxylation sites is 2. The molecule has 0 saturated heterocycles. The van der Waals surface area contributed by atoms with Gasteiger partial charge in [0.05, 0.1) is 13.7 Å². The van der Waals surface area contributed by atoms with Crippen molar-refractivity contribution in [2.45, 2.75) is 7.43 Å². The molecule has 0 atom stereocenters. The van der Waals surface area contributed by atoms with Gasteiger partial charge in [-0.25, -0.2) is 0 Å². The summed E-state index contributed by atoms with van der Waals surface area (Å²) < 4.78 is 97.1. The molecule has 0 fully saturated rings. The van der Waals surface area contributed by atoms with E-state index >= 15 is 0 Å². The van der Waals surface area contributed by atoms with Crippen LogP contribution >= 0.6 is 15.9 Å². The molecule has 4 nitrogen and oxygen atoms in total. The highest BCUT2D eigenvalue weighted by Crippen LogP contribution is 2.49. The predicted molar refractivity (Wildman–Crippen MR) is 355 cm³/mol. The topological polar surface area (TPSA) is 66.7 Å². The molecule has 0 aliphatic carbocycles. The zero-order valence-electron chi connectivity index (χ0n) is 53.6. The van der Waals surface area contributed by atoms with E-state index in [0.717, 1.165) is 97.7 Å². The molecular weight excluding hydrogens is 1080 g/mol. The van der Waals surface area contributed by atoms with Crippen molar-refractivity contribution in [2.75, 3.05) is 0 Å². The maximum atomic E-state index is 10.0. The molecule has 0 amide bonds. The van der Waals surface area contributed by atoms with Crippen molar-refractivity contribution in [3.8, 4) is 55.6 Å². The summed E-state index contributed by atoms with van der Waals surface area (Å²) in [4.78, 5) is 0. The standard InChI is InChI=1S/C38H24O.C20H15BO2.C18H11BrO.CH4/c1-3-13-25(14-4-1)27-23-24-33(37-32-21-11-12-22-34(32)39-38(27)37)36-30-19-9-7-17-28(30)35(26-15-5-2-6-16-26)29-18-8-10-20-31(29)36;22-21(23)20-17-12-6-4-10-15(17)19(14-8-2-1-3-9-14)16-11-5-7-13-18(16)20;19-15-11-10-13(12-6-2-1-3-7-12)18-17(15)14-8-4-5-9-16(14)20-18;/h1-24H;1-13,22-23H;1-11H;1H4/i2D,5D,6D,15D,16D;1D,2D,3D,8D,9D;;. The van der Waals surface area contributed by atoms with Crippen LogP contribution in [0.15, 0.2) is 304 Å². The minimum absolute atomic E-state index is 0. The van der Waals surface area contributed by atoms with Crippen molar-refractivity contribution < 1.29 is 32.6 Å². The zero-order valence-corrected chi connectivity index (χ0v) is 45.2. The van der Waals surface area contributed by atoms with E-state index < -0.39 is 31.3 Å². The van der Waals surface area contributed by atoms with E-state index in [9.17, 15) is 10.0 Å². The Labute approximate surface area is 504 Å². The quantitative estimate of drug-likeness (QED) is 0.129. The highest BCUT2D eigenvalue weighted by molar-refractivity contribution is 9.10. The van der Waals surface area contributed by atoms with Crippen LogP contribution in [0.4, 0.5) is 0 Å². The van der Waals surface area contributed by atoms with Gasteiger partial charge in [0.2, 0.25) is 0 Å². The van der Waals surface area contributed by atoms with Gasteiger partial charge >= 0.3 is 7.12 Å². The number of rotatable bonds is 6. The maximum Gasteiger partial charge on any atom is 0.489 e. The molecule has 2 aromatic heterocycles. The van der Waals surface area contributed by atoms with Crippen LogP contribution in [0.2, 0.25) is 0 Å². The van der Waals surface area contributed by atoms with Crippen LogP contribution in [0.25, 0.3) is 143 Å². The van der Waals surface area contributed by atoms with Crippen LogP contribution in [0, 0.1) is 0 Å². The summed E-state index contributed by atoms with van der Waals surface area (Å²) in [6.45, 7) is 0. The van der Waals surface area contributed by atoms with Crippen LogP contribution in [0.3, 0.4) is 0 Å². The molecule has 16 rings (SSSR count). The smallest absolute Gasteiger partial charge is 0.455 e. The van der Waals surface area contributed by atoms with Gasteiger partial charge in [0, 0.05) is 37.1 Å². The first-order valence-corrected chi connectivity index (χ1v) is 27.5. The Morgan fingerprint density at radius 3 is 1.07 bits per heavy atom. The lowest BCUT2D eigenvalue weighted by Gasteiger charge is -2.18. The molecule has 2 heterocycles. The van der Waals surface area contributed by atoms with Gasteiger partial charge in [-0.05, 0) is 123 Å². The first-order valence-electron chi connectivity index (χ1n) is 31.7. The number of halogens is 1. The number of fused-ring (bicyclic) bond motifs is 10. The summed E-state index contributed by atoms with van der Waals surface area (Å²) >= 11 is 3.64. The minimum atomic E-state index is -1.72. The van der Waals surface area contributed by atoms with Crippen LogP contribution < -0.4 is 5.46 Å². The lowest BCUT2D eigenvalue weighted by atomic mass is 9.72. The average molecular weight is 1140 g/mol. The van der Waals surface area contributed by atoms with Crippen molar-refractivity contribution in [1.82, 2.24) is 0 Å². The molecule has 0 saturated carbocycles. The molecule has 0 unspecified atom stereocenters. The third-order valence-corrected chi connectivity index (χ3v) is 15.8. The van der Waals surface area contributed by atoms with E-state index in [1.807, 2.05) is 109 Å². The maximum absolute atomic E-state index is 10.0. The van der Waals surface area contributed by atoms with Crippen LogP contribution in [0.1, 0.15) is 21.1 Å². The largest absolute Gasteiger partial charge is 0.489 e. The molecule has 14 aromatic carbocycles. The molecule has 0 spiro atoms. The second-order valence-corrected chi connectivity index (χ2v) is 20.5. The second kappa shape index (κ2) is 22.6. The number of benzene rings is 14. The van der Waals surface area contributed by atoms with Gasteiger partial charge < -0.3 is 18.9 Å². The van der Waals surface area contributed by atoms with Gasteiger partial charge in [-0.3, -0.25) is 0 Å². The highest BCUT2D eigenvalue weighted by Gasteiger charge is 2.24. The molecule has 2 N–H and O–H groups in total. The molecule has 0 radical (unpaired) electrons. The predicted octanol–water partition coefficient (Wildman–Crippen LogP) is 20.9. The number of hydrogen-bond donors (Lipinski definition) is 2. The van der Waals surface area contributed by atoms with Gasteiger partial charge in [-0.2, -0.15) is 0 Å². The Morgan fingerprint density at radius 2 is 0.639 bits per heavy atom. The van der Waals surface area contributed by atoms with Crippen molar-refractivity contribution in [2.24, 2.45) is 0 Å². The molecule has 0 bridgehead atoms. The first-order chi connectivity index (χ1) is 44.6. The first kappa shape index (κ1) is 42.1. The van der Waals surface area contributed by atoms with E-state index in [4.69, 9.17) is 22.5 Å². The molecule has 0 aliphatic rings. The number of hydrogen-bond acceptors (Lipinski definition) is 4. The summed E-state index contributed by atoms with van der Waals surface area (Å²) in [6.07, 6.45) is 0. The summed E-state index contributed by atoms with van der Waals surface area (Å²) in [5.74, 6) is 0. The van der Waals surface area contributed by atoms with E-state index in [-0.39, 0.29) is 54.8 Å². The molecule has 16 aromatic rings. The molecule has 83 heavy (non-hydrogen) atoms. The summed E-state index contributed by atoms with van der Waals surface area (Å²) in [5, 5.41) is 30.1. The van der Waals surface area contributed by atoms with E-state index in [2.05, 4.69) is 88.7 Å². The van der Waals surface area contributed by atoms with Crippen LogP contribution in [-0.4, -0.2) is 17.2 Å². The molecule has 0 aliphatic heterocycles. The van der Waals surface area contributed by atoms with E-state index in [0.29, 0.717) is 38.1 Å². The van der Waals surface area contributed by atoms with Gasteiger partial charge in [0.15, 0.2) is 0 Å². The fourth-order valence-electron chi connectivity index (χ4n) is 11.7. The summed E-state index contributed by atoms with van der Waals surface area (Å²) in [7, 11) is -1.72. The van der Waals surface area contributed by atoms with Crippen LogP contribution in [-0.2, 0) is 0 Å². The van der Waals surface area contributed by atoms with Crippen molar-refractivity contribution in [1.29, 1.82) is 0 Å². The third-order valence-electron chi connectivity index (χ3n) is 15.1. The Morgan fingerprint density at radius 1 is 0.313 bits per heavy atom. The van der Waals surface area contributed by atoms with Crippen LogP contribution in [0.5, 0.6) is 0 Å². The van der Waals surface area contributed by atoms with Gasteiger partial charge in [-0.1, -0.05) is 284 Å². The Kier molecular flexibility index (Phi) is 11.5. The summed E-state index contributed by atoms with van der Waals surface area (Å²) in [5.41, 5.74) is 11.6. The fraction of sp³-hybridized carbons (Fsp3) is 0.0130. The summed E-state index contributed by atoms with van der Waals surface area (Å²) in [6, 6.07) is 71.8. The Hall–Kier alpha value is -9.82. The van der Waals surface area contributed by atoms with Gasteiger partial charge in [0.25, 0.3) is 0 Å². The van der Waals surface area contributed by atoms with Gasteiger partial charge in [-0.15, -0.1) is 0 Å². The zero-order chi connectivity index (χ0) is 63.8. The van der Waals surface area contributed by atoms with E-state index in [1.54, 1.807) is 48.5 Å². The van der Waals surface area contributed by atoms with Crippen molar-refractivity contribution in [3.05, 3.63) is 295 Å². The molecular formula is C77H54BBrO4. The molecule has 396 valence electrons. The van der Waals surface area contributed by atoms with Crippen molar-refractivity contribution in [3.63, 3.8) is 0 Å². The normalized spacial score (nSPS) is 12.9. The average Bonchev–Trinajstić information content (AvgIpc) is 1.48. The minimum Gasteiger partial charge on any atom is -0.455 e. The third kappa shape index (κ3) is 9.43. The van der Waals surface area contributed by atoms with Crippen molar-refractivity contribution >= 4 is 115 Å². The highest BCUT2D eigenvalue weighted by atomic mass is 79.9. The van der Waals surface area contributed by atoms with E-state index in [1.165, 1.54) is 5.56 Å². The Balaban J connectivity index is 0.000000137. The SMILES string of the molecule is Brc1ccc(-c2ccccc2)c2oc3ccccc3c12.C.[2H]c1c([2H])c([2H])c(-c2c3ccccc3c(-c3ccc(-c4ccccc4)c4oc5ccccc5c34)c3ccccc23)c([2H])c1[2H].[2H]c1c([2H])c([2H])c(-c2c3ccccc3c(B(O)O)c3ccccc23)c([2H])c1[2H]. The molecule has 6 heteroatoms. The fourth-order valence-corrected chi connectivity index (χ4v) is 12.2. The second-order valence-electron chi connectivity index (χ2n) is 19.7. The lowest BCUT2D eigenvalue weighted by molar-refractivity contribution is 0.426.